The molecule has 23 heavy (non-hydrogen) atoms. The summed E-state index contributed by atoms with van der Waals surface area (Å²) in [6.07, 6.45) is 0.657. The number of thiazole rings is 1. The summed E-state index contributed by atoms with van der Waals surface area (Å²) in [4.78, 5) is 27.9. The van der Waals surface area contributed by atoms with Crippen molar-refractivity contribution in [3.8, 4) is 0 Å². The van der Waals surface area contributed by atoms with Crippen molar-refractivity contribution in [1.29, 1.82) is 0 Å². The van der Waals surface area contributed by atoms with Gasteiger partial charge in [-0.2, -0.15) is 0 Å². The van der Waals surface area contributed by atoms with E-state index in [-0.39, 0.29) is 11.9 Å². The highest BCUT2D eigenvalue weighted by molar-refractivity contribution is 7.09. The van der Waals surface area contributed by atoms with Crippen molar-refractivity contribution in [2.45, 2.75) is 13.3 Å². The number of nitrogens with two attached hydrogens (primary N) is 1. The second-order valence-electron chi connectivity index (χ2n) is 4.68. The van der Waals surface area contributed by atoms with E-state index in [4.69, 9.17) is 5.73 Å². The van der Waals surface area contributed by atoms with Crippen molar-refractivity contribution in [2.24, 2.45) is 5.73 Å². The maximum absolute atomic E-state index is 12.2. The van der Waals surface area contributed by atoms with Gasteiger partial charge in [-0.3, -0.25) is 4.79 Å². The van der Waals surface area contributed by atoms with Crippen molar-refractivity contribution >= 4 is 34.6 Å². The third-order valence-corrected chi connectivity index (χ3v) is 3.77. The van der Waals surface area contributed by atoms with Crippen LogP contribution in [-0.2, 0) is 6.42 Å². The van der Waals surface area contributed by atoms with Crippen LogP contribution in [0, 0.1) is 0 Å². The van der Waals surface area contributed by atoms with E-state index in [2.05, 4.69) is 20.9 Å². The van der Waals surface area contributed by atoms with Gasteiger partial charge in [0.25, 0.3) is 5.91 Å². The molecule has 2 aromatic rings. The minimum atomic E-state index is -0.292. The van der Waals surface area contributed by atoms with Gasteiger partial charge in [0.05, 0.1) is 5.01 Å². The molecule has 0 bridgehead atoms. The lowest BCUT2D eigenvalue weighted by molar-refractivity contribution is 0.102. The summed E-state index contributed by atoms with van der Waals surface area (Å²) in [6.45, 7) is 2.88. The van der Waals surface area contributed by atoms with Gasteiger partial charge in [0, 0.05) is 29.7 Å². The molecule has 0 saturated heterocycles. The Bertz CT molecular complexity index is 686. The van der Waals surface area contributed by atoms with E-state index in [1.54, 1.807) is 29.6 Å². The fourth-order valence-electron chi connectivity index (χ4n) is 1.86. The first-order valence-electron chi connectivity index (χ1n) is 7.23. The predicted molar refractivity (Wildman–Crippen MR) is 92.0 cm³/mol. The number of hydrogen-bond acceptors (Lipinski definition) is 5. The van der Waals surface area contributed by atoms with Crippen LogP contribution >= 0.6 is 11.3 Å². The van der Waals surface area contributed by atoms with Crippen molar-refractivity contribution < 1.29 is 9.59 Å². The zero-order valence-electron chi connectivity index (χ0n) is 12.8. The normalized spacial score (nSPS) is 10.2. The molecular weight excluding hydrogens is 314 g/mol. The van der Waals surface area contributed by atoms with Gasteiger partial charge in [-0.15, -0.1) is 11.3 Å². The highest BCUT2D eigenvalue weighted by Gasteiger charge is 2.11. The number of carbonyl (C=O) groups is 2. The molecule has 0 saturated carbocycles. The highest BCUT2D eigenvalue weighted by Crippen LogP contribution is 2.17. The number of nitrogens with zero attached hydrogens (tertiary/aromatic N) is 1. The van der Waals surface area contributed by atoms with Gasteiger partial charge in [-0.05, 0) is 31.7 Å². The standard InChI is InChI=1S/C15H19N5O2S/c1-2-17-15(22)19-11-5-3-4-10(8-11)18-14(21)12-9-23-13(20-12)6-7-16/h3-5,8-9H,2,6-7,16H2,1H3,(H,18,21)(H2,17,19,22). The predicted octanol–water partition coefficient (Wildman–Crippen LogP) is 2.04. The van der Waals surface area contributed by atoms with E-state index in [1.165, 1.54) is 11.3 Å². The van der Waals surface area contributed by atoms with Crippen molar-refractivity contribution in [2.75, 3.05) is 23.7 Å². The van der Waals surface area contributed by atoms with Crippen molar-refractivity contribution in [3.63, 3.8) is 0 Å². The van der Waals surface area contributed by atoms with Gasteiger partial charge < -0.3 is 21.7 Å². The van der Waals surface area contributed by atoms with Crippen LogP contribution in [0.25, 0.3) is 0 Å². The van der Waals surface area contributed by atoms with Crippen LogP contribution in [0.4, 0.5) is 16.2 Å². The lowest BCUT2D eigenvalue weighted by Gasteiger charge is -2.08. The molecule has 122 valence electrons. The largest absolute Gasteiger partial charge is 0.338 e. The lowest BCUT2D eigenvalue weighted by Crippen LogP contribution is -2.28. The van der Waals surface area contributed by atoms with E-state index >= 15 is 0 Å². The average molecular weight is 333 g/mol. The van der Waals surface area contributed by atoms with Crippen molar-refractivity contribution in [1.82, 2.24) is 10.3 Å². The molecule has 5 N–H and O–H groups in total. The Kier molecular flexibility index (Phi) is 6.07. The Labute approximate surface area is 138 Å². The monoisotopic (exact) mass is 333 g/mol. The number of amides is 3. The molecule has 7 nitrogen and oxygen atoms in total. The quantitative estimate of drug-likeness (QED) is 0.648. The molecular formula is C15H19N5O2S. The highest BCUT2D eigenvalue weighted by atomic mass is 32.1. The van der Waals surface area contributed by atoms with Crippen LogP contribution in [-0.4, -0.2) is 30.0 Å². The van der Waals surface area contributed by atoms with E-state index in [1.807, 2.05) is 6.92 Å². The van der Waals surface area contributed by atoms with Crippen molar-refractivity contribution in [3.05, 3.63) is 40.3 Å². The van der Waals surface area contributed by atoms with Crippen LogP contribution in [0.2, 0.25) is 0 Å². The SMILES string of the molecule is CCNC(=O)Nc1cccc(NC(=O)c2csc(CCN)n2)c1. The number of rotatable bonds is 6. The minimum absolute atomic E-state index is 0.290. The smallest absolute Gasteiger partial charge is 0.319 e. The van der Waals surface area contributed by atoms with Crippen LogP contribution in [0.5, 0.6) is 0 Å². The summed E-state index contributed by atoms with van der Waals surface area (Å²) in [5.74, 6) is -0.292. The van der Waals surface area contributed by atoms with E-state index < -0.39 is 0 Å². The Hall–Kier alpha value is -2.45. The first kappa shape index (κ1) is 16.9. The number of aromatic nitrogens is 1. The maximum Gasteiger partial charge on any atom is 0.319 e. The number of hydrogen-bond donors (Lipinski definition) is 4. The fourth-order valence-corrected chi connectivity index (χ4v) is 2.65. The summed E-state index contributed by atoms with van der Waals surface area (Å²) in [7, 11) is 0. The van der Waals surface area contributed by atoms with E-state index in [9.17, 15) is 9.59 Å². The van der Waals surface area contributed by atoms with Gasteiger partial charge in [0.1, 0.15) is 5.69 Å². The zero-order valence-corrected chi connectivity index (χ0v) is 13.6. The van der Waals surface area contributed by atoms with Crippen LogP contribution in [0.15, 0.2) is 29.6 Å². The molecule has 8 heteroatoms. The number of urea groups is 1. The number of nitrogens with one attached hydrogen (secondary N) is 3. The van der Waals surface area contributed by atoms with E-state index in [0.717, 1.165) is 5.01 Å². The minimum Gasteiger partial charge on any atom is -0.338 e. The van der Waals surface area contributed by atoms with Gasteiger partial charge in [-0.25, -0.2) is 9.78 Å². The topological polar surface area (TPSA) is 109 Å². The van der Waals surface area contributed by atoms with Gasteiger partial charge in [0.2, 0.25) is 0 Å². The molecule has 0 aliphatic carbocycles. The van der Waals surface area contributed by atoms with Gasteiger partial charge in [0.15, 0.2) is 0 Å². The Morgan fingerprint density at radius 2 is 2.00 bits per heavy atom. The molecule has 2 rings (SSSR count). The lowest BCUT2D eigenvalue weighted by atomic mass is 10.2. The zero-order chi connectivity index (χ0) is 16.7. The third-order valence-electron chi connectivity index (χ3n) is 2.86. The second kappa shape index (κ2) is 8.25. The molecule has 0 aliphatic heterocycles. The summed E-state index contributed by atoms with van der Waals surface area (Å²) >= 11 is 1.41. The molecule has 0 aliphatic rings. The van der Waals surface area contributed by atoms with E-state index in [0.29, 0.717) is 36.6 Å². The molecule has 1 aromatic carbocycles. The Morgan fingerprint density at radius 1 is 1.26 bits per heavy atom. The summed E-state index contributed by atoms with van der Waals surface area (Å²) < 4.78 is 0. The molecule has 1 heterocycles. The van der Waals surface area contributed by atoms with Crippen LogP contribution in [0.1, 0.15) is 22.4 Å². The maximum atomic E-state index is 12.2. The number of anilines is 2. The van der Waals surface area contributed by atoms with Crippen LogP contribution < -0.4 is 21.7 Å². The Morgan fingerprint density at radius 3 is 2.70 bits per heavy atom. The molecule has 0 atom stereocenters. The Balaban J connectivity index is 2.01. The first-order chi connectivity index (χ1) is 11.1. The third kappa shape index (κ3) is 5.04. The second-order valence-corrected chi connectivity index (χ2v) is 5.63. The fraction of sp³-hybridized carbons (Fsp3) is 0.267. The number of carbonyl (C=O) groups excluding carboxylic acids is 2. The molecule has 1 aromatic heterocycles. The summed E-state index contributed by atoms with van der Waals surface area (Å²) in [5.41, 5.74) is 7.01. The van der Waals surface area contributed by atoms with Gasteiger partial charge >= 0.3 is 6.03 Å². The summed E-state index contributed by atoms with van der Waals surface area (Å²) in [6, 6.07) is 6.63. The van der Waals surface area contributed by atoms with Crippen LogP contribution in [0.3, 0.4) is 0 Å². The molecule has 0 fully saturated rings. The molecule has 0 unspecified atom stereocenters. The molecule has 0 radical (unpaired) electrons. The summed E-state index contributed by atoms with van der Waals surface area (Å²) in [5, 5.41) is 10.6. The average Bonchev–Trinajstić information content (AvgIpc) is 2.97. The van der Waals surface area contributed by atoms with Gasteiger partial charge in [-0.1, -0.05) is 6.07 Å². The molecule has 0 spiro atoms. The first-order valence-corrected chi connectivity index (χ1v) is 8.11. The molecule has 3 amide bonds. The number of benzene rings is 1.